The molecule has 0 bridgehead atoms. The number of aliphatic carboxylic acids is 1. The highest BCUT2D eigenvalue weighted by molar-refractivity contribution is 5.81. The summed E-state index contributed by atoms with van der Waals surface area (Å²) in [6.07, 6.45) is 3.43. The zero-order valence-corrected chi connectivity index (χ0v) is 5.42. The molecule has 2 heteroatoms. The maximum Gasteiger partial charge on any atom is 0.328 e. The van der Waals surface area contributed by atoms with Crippen LogP contribution in [0.2, 0.25) is 0 Å². The molecular weight excluding hydrogens is 116 g/mol. The van der Waals surface area contributed by atoms with Crippen LogP contribution in [0.1, 0.15) is 13.3 Å². The van der Waals surface area contributed by atoms with Gasteiger partial charge in [-0.3, -0.25) is 0 Å². The van der Waals surface area contributed by atoms with Crippen molar-refractivity contribution in [3.05, 3.63) is 24.3 Å². The number of rotatable bonds is 3. The molecule has 0 spiro atoms. The van der Waals surface area contributed by atoms with Gasteiger partial charge in [-0.15, -0.1) is 0 Å². The third kappa shape index (κ3) is 3.53. The molecule has 0 aromatic heterocycles. The molecule has 1 N–H and O–H groups in total. The van der Waals surface area contributed by atoms with Crippen LogP contribution in [-0.2, 0) is 4.79 Å². The van der Waals surface area contributed by atoms with E-state index in [4.69, 9.17) is 5.11 Å². The Kier molecular flexibility index (Phi) is 3.44. The quantitative estimate of drug-likeness (QED) is 0.460. The van der Waals surface area contributed by atoms with Crippen molar-refractivity contribution in [2.75, 3.05) is 0 Å². The van der Waals surface area contributed by atoms with Crippen LogP contribution in [0.5, 0.6) is 0 Å². The molecule has 0 rings (SSSR count). The SMILES string of the molecule is C=C/C(=C\C(=O)O)CC. The van der Waals surface area contributed by atoms with E-state index in [2.05, 4.69) is 6.58 Å². The van der Waals surface area contributed by atoms with Gasteiger partial charge in [0, 0.05) is 6.08 Å². The van der Waals surface area contributed by atoms with E-state index in [0.29, 0.717) is 0 Å². The second-order valence-corrected chi connectivity index (χ2v) is 1.62. The van der Waals surface area contributed by atoms with Crippen molar-refractivity contribution < 1.29 is 9.90 Å². The lowest BCUT2D eigenvalue weighted by molar-refractivity contribution is -0.131. The van der Waals surface area contributed by atoms with Gasteiger partial charge in [-0.25, -0.2) is 4.79 Å². The van der Waals surface area contributed by atoms with Crippen LogP contribution < -0.4 is 0 Å². The predicted molar refractivity (Wildman–Crippen MR) is 36.2 cm³/mol. The van der Waals surface area contributed by atoms with E-state index in [9.17, 15) is 4.79 Å². The van der Waals surface area contributed by atoms with Gasteiger partial charge in [0.05, 0.1) is 0 Å². The van der Waals surface area contributed by atoms with Crippen LogP contribution >= 0.6 is 0 Å². The van der Waals surface area contributed by atoms with Gasteiger partial charge < -0.3 is 5.11 Å². The maximum atomic E-state index is 10.0. The Balaban J connectivity index is 4.07. The molecule has 0 aliphatic heterocycles. The van der Waals surface area contributed by atoms with E-state index < -0.39 is 5.97 Å². The second kappa shape index (κ2) is 3.89. The van der Waals surface area contributed by atoms with Crippen LogP contribution in [0.25, 0.3) is 0 Å². The lowest BCUT2D eigenvalue weighted by Crippen LogP contribution is -1.89. The van der Waals surface area contributed by atoms with Crippen LogP contribution in [0, 0.1) is 0 Å². The van der Waals surface area contributed by atoms with Crippen molar-refractivity contribution in [1.29, 1.82) is 0 Å². The summed E-state index contributed by atoms with van der Waals surface area (Å²) in [5.74, 6) is -0.910. The predicted octanol–water partition coefficient (Wildman–Crippen LogP) is 1.59. The van der Waals surface area contributed by atoms with E-state index >= 15 is 0 Å². The number of carbonyl (C=O) groups is 1. The van der Waals surface area contributed by atoms with Gasteiger partial charge in [-0.2, -0.15) is 0 Å². The third-order valence-electron chi connectivity index (χ3n) is 0.979. The minimum Gasteiger partial charge on any atom is -0.478 e. The third-order valence-corrected chi connectivity index (χ3v) is 0.979. The summed E-state index contributed by atoms with van der Waals surface area (Å²) in [7, 11) is 0. The van der Waals surface area contributed by atoms with E-state index in [0.717, 1.165) is 18.1 Å². The summed E-state index contributed by atoms with van der Waals surface area (Å²) >= 11 is 0. The molecule has 2 nitrogen and oxygen atoms in total. The summed E-state index contributed by atoms with van der Waals surface area (Å²) in [4.78, 5) is 10.0. The van der Waals surface area contributed by atoms with Gasteiger partial charge >= 0.3 is 5.97 Å². The van der Waals surface area contributed by atoms with Gasteiger partial charge in [0.2, 0.25) is 0 Å². The summed E-state index contributed by atoms with van der Waals surface area (Å²) in [5.41, 5.74) is 0.752. The van der Waals surface area contributed by atoms with Gasteiger partial charge in [-0.1, -0.05) is 19.6 Å². The van der Waals surface area contributed by atoms with Crippen molar-refractivity contribution >= 4 is 5.97 Å². The van der Waals surface area contributed by atoms with Crippen LogP contribution in [0.15, 0.2) is 24.3 Å². The molecule has 0 unspecified atom stereocenters. The molecule has 50 valence electrons. The van der Waals surface area contributed by atoms with Crippen molar-refractivity contribution in [2.45, 2.75) is 13.3 Å². The first-order chi connectivity index (χ1) is 4.20. The molecular formula is C7H10O2. The van der Waals surface area contributed by atoms with E-state index in [1.807, 2.05) is 6.92 Å². The number of carboxylic acid groups (broad SMARTS) is 1. The van der Waals surface area contributed by atoms with Crippen LogP contribution in [-0.4, -0.2) is 11.1 Å². The molecule has 0 atom stereocenters. The largest absolute Gasteiger partial charge is 0.478 e. The minimum absolute atomic E-state index is 0.718. The Morgan fingerprint density at radius 2 is 2.33 bits per heavy atom. The average molecular weight is 126 g/mol. The first-order valence-electron chi connectivity index (χ1n) is 2.76. The Morgan fingerprint density at radius 3 is 2.44 bits per heavy atom. The van der Waals surface area contributed by atoms with Crippen molar-refractivity contribution in [2.24, 2.45) is 0 Å². The first kappa shape index (κ1) is 7.95. The Hall–Kier alpha value is -1.05. The van der Waals surface area contributed by atoms with Crippen molar-refractivity contribution in [1.82, 2.24) is 0 Å². The summed E-state index contributed by atoms with van der Waals surface area (Å²) in [6, 6.07) is 0. The molecule has 0 aliphatic carbocycles. The lowest BCUT2D eigenvalue weighted by Gasteiger charge is -1.90. The molecule has 0 aromatic carbocycles. The average Bonchev–Trinajstić information content (AvgIpc) is 1.82. The van der Waals surface area contributed by atoms with Gasteiger partial charge in [0.25, 0.3) is 0 Å². The zero-order valence-electron chi connectivity index (χ0n) is 5.42. The summed E-state index contributed by atoms with van der Waals surface area (Å²) < 4.78 is 0. The fourth-order valence-corrected chi connectivity index (χ4v) is 0.464. The standard InChI is InChI=1S/C7H10O2/c1-3-6(4-2)5-7(8)9/h3,5H,1,4H2,2H3,(H,8,9)/b6-5+. The highest BCUT2D eigenvalue weighted by Crippen LogP contribution is 1.99. The molecule has 0 saturated carbocycles. The zero-order chi connectivity index (χ0) is 7.28. The normalized spacial score (nSPS) is 11.0. The van der Waals surface area contributed by atoms with E-state index in [1.54, 1.807) is 6.08 Å². The first-order valence-corrected chi connectivity index (χ1v) is 2.76. The fourth-order valence-electron chi connectivity index (χ4n) is 0.464. The molecule has 0 aromatic rings. The smallest absolute Gasteiger partial charge is 0.328 e. The van der Waals surface area contributed by atoms with Crippen molar-refractivity contribution in [3.8, 4) is 0 Å². The number of carboxylic acids is 1. The second-order valence-electron chi connectivity index (χ2n) is 1.62. The number of hydrogen-bond donors (Lipinski definition) is 1. The van der Waals surface area contributed by atoms with Gasteiger partial charge in [0.15, 0.2) is 0 Å². The van der Waals surface area contributed by atoms with Gasteiger partial charge in [0.1, 0.15) is 0 Å². The molecule has 0 aliphatic rings. The summed E-state index contributed by atoms with van der Waals surface area (Å²) in [5, 5.41) is 8.22. The molecule has 0 fully saturated rings. The highest BCUT2D eigenvalue weighted by Gasteiger charge is 1.90. The minimum atomic E-state index is -0.910. The van der Waals surface area contributed by atoms with Crippen LogP contribution in [0.4, 0.5) is 0 Å². The number of hydrogen-bond acceptors (Lipinski definition) is 1. The van der Waals surface area contributed by atoms with Gasteiger partial charge in [-0.05, 0) is 12.0 Å². The maximum absolute atomic E-state index is 10.0. The molecule has 0 saturated heterocycles. The van der Waals surface area contributed by atoms with E-state index in [1.165, 1.54) is 0 Å². The monoisotopic (exact) mass is 126 g/mol. The van der Waals surface area contributed by atoms with E-state index in [-0.39, 0.29) is 0 Å². The molecule has 9 heavy (non-hydrogen) atoms. The highest BCUT2D eigenvalue weighted by atomic mass is 16.4. The fraction of sp³-hybridized carbons (Fsp3) is 0.286. The molecule has 0 heterocycles. The number of allylic oxidation sites excluding steroid dienone is 2. The topological polar surface area (TPSA) is 37.3 Å². The lowest BCUT2D eigenvalue weighted by atomic mass is 10.2. The molecule has 0 radical (unpaired) electrons. The Morgan fingerprint density at radius 1 is 1.78 bits per heavy atom. The van der Waals surface area contributed by atoms with Crippen molar-refractivity contribution in [3.63, 3.8) is 0 Å². The Bertz CT molecular complexity index is 145. The summed E-state index contributed by atoms with van der Waals surface area (Å²) in [6.45, 7) is 5.34. The van der Waals surface area contributed by atoms with Crippen LogP contribution in [0.3, 0.4) is 0 Å². The Labute approximate surface area is 54.5 Å². The molecule has 0 amide bonds.